The van der Waals surface area contributed by atoms with E-state index in [1.165, 1.54) is 62.5 Å². The molecular formula is C20H26Br2Zr. The van der Waals surface area contributed by atoms with E-state index in [4.69, 9.17) is 0 Å². The van der Waals surface area contributed by atoms with Crippen molar-refractivity contribution in [1.29, 1.82) is 0 Å². The molecular weight excluding hydrogens is 491 g/mol. The molecule has 23 heavy (non-hydrogen) atoms. The van der Waals surface area contributed by atoms with Crippen LogP contribution in [0.1, 0.15) is 64.2 Å². The van der Waals surface area contributed by atoms with Crippen molar-refractivity contribution in [3.63, 3.8) is 0 Å². The minimum atomic E-state index is 0. The van der Waals surface area contributed by atoms with Crippen LogP contribution in [0.2, 0.25) is 0 Å². The summed E-state index contributed by atoms with van der Waals surface area (Å²) in [6.45, 7) is 0. The molecule has 0 saturated heterocycles. The van der Waals surface area contributed by atoms with Gasteiger partial charge in [0.05, 0.1) is 0 Å². The van der Waals surface area contributed by atoms with E-state index in [-0.39, 0.29) is 60.2 Å². The van der Waals surface area contributed by atoms with Crippen LogP contribution in [0.25, 0.3) is 0 Å². The predicted octanol–water partition coefficient (Wildman–Crippen LogP) is -0.262. The Bertz CT molecular complexity index is 395. The van der Waals surface area contributed by atoms with Crippen molar-refractivity contribution in [2.45, 2.75) is 64.2 Å². The van der Waals surface area contributed by atoms with Gasteiger partial charge in [0.1, 0.15) is 0 Å². The Labute approximate surface area is 182 Å². The molecule has 0 spiro atoms. The van der Waals surface area contributed by atoms with E-state index in [0.717, 1.165) is 24.7 Å². The molecule has 0 amide bonds. The van der Waals surface area contributed by atoms with Crippen LogP contribution in [0.15, 0.2) is 35.5 Å². The molecule has 2 saturated carbocycles. The molecule has 0 aliphatic heterocycles. The molecule has 0 N–H and O–H groups in total. The van der Waals surface area contributed by atoms with Crippen molar-refractivity contribution in [2.75, 3.05) is 0 Å². The standard InChI is InChI=1S/2C10H13.2BrH.Zr/c2*1-2-6-9(5-1)10-7-3-4-8-10;;;/h2*1,5,10H,2-4,7-8H2;2*1H;/q2*-1;;;+4/p-2. The zero-order chi connectivity index (χ0) is 13.6. The molecule has 124 valence electrons. The maximum absolute atomic E-state index is 3.40. The molecule has 0 unspecified atom stereocenters. The quantitative estimate of drug-likeness (QED) is 0.443. The van der Waals surface area contributed by atoms with E-state index in [9.17, 15) is 0 Å². The van der Waals surface area contributed by atoms with E-state index in [2.05, 4.69) is 36.5 Å². The second-order valence-corrected chi connectivity index (χ2v) is 6.44. The van der Waals surface area contributed by atoms with E-state index < -0.39 is 0 Å². The van der Waals surface area contributed by atoms with Crippen molar-refractivity contribution in [3.05, 3.63) is 47.6 Å². The predicted molar refractivity (Wildman–Crippen MR) is 84.9 cm³/mol. The van der Waals surface area contributed by atoms with Gasteiger partial charge < -0.3 is 34.0 Å². The van der Waals surface area contributed by atoms with E-state index >= 15 is 0 Å². The molecule has 0 heterocycles. The molecule has 0 aromatic carbocycles. The van der Waals surface area contributed by atoms with Gasteiger partial charge in [-0.1, -0.05) is 25.7 Å². The molecule has 4 rings (SSSR count). The normalized spacial score (nSPS) is 22.4. The largest absolute Gasteiger partial charge is 4.00 e. The fourth-order valence-electron chi connectivity index (χ4n) is 3.88. The summed E-state index contributed by atoms with van der Waals surface area (Å²) in [5.74, 6) is 1.75. The van der Waals surface area contributed by atoms with Crippen molar-refractivity contribution in [3.8, 4) is 0 Å². The fourth-order valence-corrected chi connectivity index (χ4v) is 3.88. The number of hydrogen-bond donors (Lipinski definition) is 0. The van der Waals surface area contributed by atoms with Crippen LogP contribution in [0.5, 0.6) is 0 Å². The van der Waals surface area contributed by atoms with Gasteiger partial charge in [-0.25, -0.2) is 23.3 Å². The molecule has 0 nitrogen and oxygen atoms in total. The number of allylic oxidation sites excluding steroid dienone is 8. The minimum absolute atomic E-state index is 0. The van der Waals surface area contributed by atoms with Gasteiger partial charge in [-0.05, 0) is 37.5 Å². The monoisotopic (exact) mass is 514 g/mol. The summed E-state index contributed by atoms with van der Waals surface area (Å²) >= 11 is 0. The molecule has 3 heteroatoms. The zero-order valence-electron chi connectivity index (χ0n) is 13.8. The van der Waals surface area contributed by atoms with Gasteiger partial charge in [-0.2, -0.15) is 12.2 Å². The van der Waals surface area contributed by atoms with Crippen LogP contribution in [-0.4, -0.2) is 0 Å². The van der Waals surface area contributed by atoms with Crippen LogP contribution < -0.4 is 34.0 Å². The van der Waals surface area contributed by atoms with Gasteiger partial charge in [0, 0.05) is 0 Å². The Kier molecular flexibility index (Phi) is 13.5. The van der Waals surface area contributed by atoms with Crippen LogP contribution >= 0.6 is 0 Å². The molecule has 0 atom stereocenters. The third-order valence-corrected chi connectivity index (χ3v) is 5.03. The zero-order valence-corrected chi connectivity index (χ0v) is 19.4. The smallest absolute Gasteiger partial charge is 1.00 e. The SMILES string of the molecule is [Br-].[Br-].[C-]1=C(C2CCCC2)C=CC1.[C-]1=C(C2CCCC2)C=CC1.[Zr+4]. The third kappa shape index (κ3) is 7.29. The summed E-state index contributed by atoms with van der Waals surface area (Å²) in [5.41, 5.74) is 3.00. The average molecular weight is 517 g/mol. The molecule has 0 aromatic rings. The van der Waals surface area contributed by atoms with Gasteiger partial charge in [0.25, 0.3) is 0 Å². The Balaban J connectivity index is 0.000000372. The maximum atomic E-state index is 3.40. The maximum Gasteiger partial charge on any atom is 4.00 e. The Hall–Kier alpha value is 0.803. The summed E-state index contributed by atoms with van der Waals surface area (Å²) < 4.78 is 0. The third-order valence-electron chi connectivity index (χ3n) is 5.03. The Morgan fingerprint density at radius 2 is 1.00 bits per heavy atom. The van der Waals surface area contributed by atoms with Crippen LogP contribution in [-0.2, 0) is 26.2 Å². The van der Waals surface area contributed by atoms with Crippen molar-refractivity contribution >= 4 is 0 Å². The number of rotatable bonds is 2. The number of hydrogen-bond acceptors (Lipinski definition) is 0. The summed E-state index contributed by atoms with van der Waals surface area (Å²) in [6.07, 6.45) is 29.3. The molecule has 0 aromatic heterocycles. The van der Waals surface area contributed by atoms with E-state index in [1.807, 2.05) is 0 Å². The first-order valence-corrected chi connectivity index (χ1v) is 8.48. The first kappa shape index (κ1) is 23.8. The van der Waals surface area contributed by atoms with Crippen LogP contribution in [0, 0.1) is 24.0 Å². The topological polar surface area (TPSA) is 0 Å². The summed E-state index contributed by atoms with van der Waals surface area (Å²) in [7, 11) is 0. The first-order chi connectivity index (χ1) is 9.93. The molecule has 0 radical (unpaired) electrons. The van der Waals surface area contributed by atoms with Gasteiger partial charge in [-0.15, -0.1) is 12.8 Å². The van der Waals surface area contributed by atoms with E-state index in [1.54, 1.807) is 0 Å². The fraction of sp³-hybridized carbons (Fsp3) is 0.600. The summed E-state index contributed by atoms with van der Waals surface area (Å²) in [5, 5.41) is 0. The van der Waals surface area contributed by atoms with Crippen molar-refractivity contribution in [2.24, 2.45) is 11.8 Å². The second-order valence-electron chi connectivity index (χ2n) is 6.44. The summed E-state index contributed by atoms with van der Waals surface area (Å²) in [4.78, 5) is 0. The summed E-state index contributed by atoms with van der Waals surface area (Å²) in [6, 6.07) is 0. The van der Waals surface area contributed by atoms with Crippen LogP contribution in [0.4, 0.5) is 0 Å². The second kappa shape index (κ2) is 13.1. The molecule has 4 aliphatic carbocycles. The van der Waals surface area contributed by atoms with Gasteiger partial charge in [0.15, 0.2) is 0 Å². The van der Waals surface area contributed by atoms with Crippen molar-refractivity contribution in [1.82, 2.24) is 0 Å². The molecule has 4 aliphatic rings. The van der Waals surface area contributed by atoms with Gasteiger partial charge in [-0.3, -0.25) is 12.2 Å². The Morgan fingerprint density at radius 1 is 0.652 bits per heavy atom. The van der Waals surface area contributed by atoms with Crippen molar-refractivity contribution < 1.29 is 60.2 Å². The molecule has 0 bridgehead atoms. The van der Waals surface area contributed by atoms with E-state index in [0.29, 0.717) is 0 Å². The molecule has 2 fully saturated rings. The average Bonchev–Trinajstić information content (AvgIpc) is 3.29. The minimum Gasteiger partial charge on any atom is -1.00 e. The first-order valence-electron chi connectivity index (χ1n) is 8.48. The Morgan fingerprint density at radius 3 is 1.26 bits per heavy atom. The van der Waals surface area contributed by atoms with Crippen LogP contribution in [0.3, 0.4) is 0 Å². The van der Waals surface area contributed by atoms with Gasteiger partial charge >= 0.3 is 26.2 Å². The number of halogens is 2. The van der Waals surface area contributed by atoms with Gasteiger partial charge in [0.2, 0.25) is 0 Å².